The van der Waals surface area contributed by atoms with Crippen LogP contribution in [0.15, 0.2) is 52.6 Å². The maximum atomic E-state index is 14.7. The number of anilines is 1. The Kier molecular flexibility index (Phi) is 7.88. The molecule has 3 heterocycles. The second kappa shape index (κ2) is 11.1. The van der Waals surface area contributed by atoms with Crippen LogP contribution < -0.4 is 16.9 Å². The van der Waals surface area contributed by atoms with Crippen LogP contribution in [0.2, 0.25) is 0 Å². The van der Waals surface area contributed by atoms with Crippen LogP contribution in [0.3, 0.4) is 0 Å². The summed E-state index contributed by atoms with van der Waals surface area (Å²) in [5.41, 5.74) is 2.80. The molecule has 0 unspecified atom stereocenters. The van der Waals surface area contributed by atoms with Gasteiger partial charge in [-0.1, -0.05) is 19.8 Å². The smallest absolute Gasteiger partial charge is 0.397 e. The van der Waals surface area contributed by atoms with E-state index < -0.39 is 28.8 Å². The number of H-pyrrole nitrogens is 1. The van der Waals surface area contributed by atoms with Gasteiger partial charge in [-0.05, 0) is 54.3 Å². The standard InChI is InChI=1S/C21H22FN3O.C5H4F3N3O/c1-2-3-4-8-25-9-7-15-10-18(19(22)11-17(15)21(25)26)20-23-12-16(13-24-20)14-5-6-14;6-5(7,8)3-2(9)1-10-11-4(3)12/h7,9-14H,2-6,8H2,1H3;1H,(H3,9,11,12). The predicted octanol–water partition coefficient (Wildman–Crippen LogP) is 5.04. The minimum Gasteiger partial charge on any atom is -0.397 e. The van der Waals surface area contributed by atoms with Gasteiger partial charge < -0.3 is 10.3 Å². The number of benzene rings is 1. The molecule has 1 fully saturated rings. The molecule has 0 amide bonds. The molecule has 8 nitrogen and oxygen atoms in total. The minimum atomic E-state index is -4.74. The van der Waals surface area contributed by atoms with E-state index in [2.05, 4.69) is 22.0 Å². The van der Waals surface area contributed by atoms with E-state index in [9.17, 15) is 27.2 Å². The van der Waals surface area contributed by atoms with E-state index in [0.717, 1.165) is 31.0 Å². The number of nitrogens with two attached hydrogens (primary N) is 1. The molecule has 3 N–H and O–H groups in total. The summed E-state index contributed by atoms with van der Waals surface area (Å²) in [6.07, 6.45) is 6.85. The number of nitrogens with zero attached hydrogens (tertiary/aromatic N) is 4. The van der Waals surface area contributed by atoms with Crippen LogP contribution in [0.25, 0.3) is 22.2 Å². The average Bonchev–Trinajstić information content (AvgIpc) is 3.71. The molecule has 12 heteroatoms. The summed E-state index contributed by atoms with van der Waals surface area (Å²) < 4.78 is 52.3. The van der Waals surface area contributed by atoms with Crippen molar-refractivity contribution in [3.05, 3.63) is 80.6 Å². The Hall–Kier alpha value is -4.09. The Labute approximate surface area is 214 Å². The molecule has 1 saturated carbocycles. The number of nitrogens with one attached hydrogen (secondary N) is 1. The van der Waals surface area contributed by atoms with E-state index in [1.807, 2.05) is 6.07 Å². The van der Waals surface area contributed by atoms with Gasteiger partial charge in [0.2, 0.25) is 0 Å². The Bertz CT molecular complexity index is 1540. The molecule has 0 saturated heterocycles. The fourth-order valence-corrected chi connectivity index (χ4v) is 3.99. The largest absolute Gasteiger partial charge is 0.423 e. The molecule has 1 aliphatic rings. The van der Waals surface area contributed by atoms with Crippen molar-refractivity contribution in [1.29, 1.82) is 0 Å². The number of rotatable bonds is 6. The molecule has 38 heavy (non-hydrogen) atoms. The number of halogens is 4. The normalized spacial score (nSPS) is 13.3. The fourth-order valence-electron chi connectivity index (χ4n) is 3.99. The molecule has 0 radical (unpaired) electrons. The lowest BCUT2D eigenvalue weighted by molar-refractivity contribution is -0.138. The minimum absolute atomic E-state index is 0.144. The molecule has 0 aliphatic heterocycles. The predicted molar refractivity (Wildman–Crippen MR) is 135 cm³/mol. The van der Waals surface area contributed by atoms with E-state index in [1.165, 1.54) is 18.9 Å². The number of aromatic amines is 1. The summed E-state index contributed by atoms with van der Waals surface area (Å²) in [4.78, 5) is 31.8. The molecule has 200 valence electrons. The monoisotopic (exact) mass is 530 g/mol. The number of aromatic nitrogens is 5. The van der Waals surface area contributed by atoms with Gasteiger partial charge in [0.25, 0.3) is 11.1 Å². The number of hydrogen-bond donors (Lipinski definition) is 2. The van der Waals surface area contributed by atoms with Crippen molar-refractivity contribution >= 4 is 16.5 Å². The number of pyridine rings is 1. The third kappa shape index (κ3) is 6.06. The Morgan fingerprint density at radius 3 is 2.39 bits per heavy atom. The molecule has 0 spiro atoms. The maximum absolute atomic E-state index is 14.7. The van der Waals surface area contributed by atoms with E-state index in [1.54, 1.807) is 34.3 Å². The highest BCUT2D eigenvalue weighted by atomic mass is 19.4. The van der Waals surface area contributed by atoms with Crippen molar-refractivity contribution in [2.75, 3.05) is 5.73 Å². The fraction of sp³-hybridized carbons (Fsp3) is 0.346. The first kappa shape index (κ1) is 27.0. The highest BCUT2D eigenvalue weighted by molar-refractivity contribution is 5.85. The third-order valence-corrected chi connectivity index (χ3v) is 6.20. The van der Waals surface area contributed by atoms with Gasteiger partial charge in [0, 0.05) is 25.1 Å². The van der Waals surface area contributed by atoms with Crippen LogP contribution in [0.4, 0.5) is 23.2 Å². The quantitative estimate of drug-likeness (QED) is 0.266. The first-order valence-corrected chi connectivity index (χ1v) is 12.2. The van der Waals surface area contributed by atoms with Crippen molar-refractivity contribution in [2.24, 2.45) is 0 Å². The molecule has 4 aromatic rings. The first-order valence-electron chi connectivity index (χ1n) is 12.2. The van der Waals surface area contributed by atoms with Crippen LogP contribution in [-0.2, 0) is 12.7 Å². The molecule has 3 aromatic heterocycles. The average molecular weight is 531 g/mol. The van der Waals surface area contributed by atoms with Gasteiger partial charge in [-0.3, -0.25) is 9.59 Å². The summed E-state index contributed by atoms with van der Waals surface area (Å²) in [5.74, 6) is 0.470. The van der Waals surface area contributed by atoms with E-state index in [4.69, 9.17) is 5.73 Å². The summed E-state index contributed by atoms with van der Waals surface area (Å²) in [7, 11) is 0. The highest BCUT2D eigenvalue weighted by Gasteiger charge is 2.36. The van der Waals surface area contributed by atoms with Gasteiger partial charge >= 0.3 is 6.18 Å². The van der Waals surface area contributed by atoms with Crippen molar-refractivity contribution in [1.82, 2.24) is 24.7 Å². The number of nitrogen functional groups attached to an aromatic ring is 1. The van der Waals surface area contributed by atoms with Crippen molar-refractivity contribution < 1.29 is 17.6 Å². The van der Waals surface area contributed by atoms with Crippen molar-refractivity contribution in [2.45, 2.75) is 57.7 Å². The second-order valence-corrected chi connectivity index (χ2v) is 9.08. The van der Waals surface area contributed by atoms with Crippen LogP contribution in [0, 0.1) is 5.82 Å². The summed E-state index contributed by atoms with van der Waals surface area (Å²) in [6.45, 7) is 2.79. The molecular weight excluding hydrogens is 504 g/mol. The number of fused-ring (bicyclic) bond motifs is 1. The van der Waals surface area contributed by atoms with Gasteiger partial charge in [-0.25, -0.2) is 19.5 Å². The van der Waals surface area contributed by atoms with E-state index in [0.29, 0.717) is 34.6 Å². The van der Waals surface area contributed by atoms with Gasteiger partial charge in [-0.2, -0.15) is 18.3 Å². The number of unbranched alkanes of at least 4 members (excludes halogenated alkanes) is 2. The Balaban J connectivity index is 0.000000236. The molecule has 0 atom stereocenters. The lowest BCUT2D eigenvalue weighted by atomic mass is 10.1. The van der Waals surface area contributed by atoms with Gasteiger partial charge in [0.1, 0.15) is 11.4 Å². The lowest BCUT2D eigenvalue weighted by Crippen LogP contribution is -2.24. The third-order valence-electron chi connectivity index (χ3n) is 6.20. The second-order valence-electron chi connectivity index (χ2n) is 9.08. The first-order chi connectivity index (χ1) is 18.1. The van der Waals surface area contributed by atoms with E-state index in [-0.39, 0.29) is 5.56 Å². The zero-order valence-electron chi connectivity index (χ0n) is 20.6. The molecule has 1 aromatic carbocycles. The van der Waals surface area contributed by atoms with Gasteiger partial charge in [0.15, 0.2) is 5.82 Å². The zero-order valence-corrected chi connectivity index (χ0v) is 20.6. The van der Waals surface area contributed by atoms with Gasteiger partial charge in [0.05, 0.1) is 22.8 Å². The Morgan fingerprint density at radius 1 is 1.11 bits per heavy atom. The number of alkyl halides is 3. The van der Waals surface area contributed by atoms with Crippen LogP contribution in [0.1, 0.15) is 56.1 Å². The van der Waals surface area contributed by atoms with Crippen LogP contribution in [0.5, 0.6) is 0 Å². The summed E-state index contributed by atoms with van der Waals surface area (Å²) >= 11 is 0. The van der Waals surface area contributed by atoms with Crippen LogP contribution in [-0.4, -0.2) is 24.7 Å². The molecular formula is C26H26F4N6O2. The van der Waals surface area contributed by atoms with Gasteiger partial charge in [-0.15, -0.1) is 0 Å². The highest BCUT2D eigenvalue weighted by Crippen LogP contribution is 2.39. The topological polar surface area (TPSA) is 120 Å². The van der Waals surface area contributed by atoms with E-state index >= 15 is 0 Å². The lowest BCUT2D eigenvalue weighted by Gasteiger charge is -2.09. The van der Waals surface area contributed by atoms with Crippen LogP contribution >= 0.6 is 0 Å². The zero-order chi connectivity index (χ0) is 27.4. The number of aryl methyl sites for hydroxylation is 1. The summed E-state index contributed by atoms with van der Waals surface area (Å²) in [5, 5.41) is 5.86. The SMILES string of the molecule is CCCCCn1ccc2cc(-c3ncc(C4CC4)cn3)c(F)cc2c1=O.Nc1cn[nH]c(=O)c1C(F)(F)F. The van der Waals surface area contributed by atoms with Crippen molar-refractivity contribution in [3.8, 4) is 11.4 Å². The molecule has 1 aliphatic carbocycles. The Morgan fingerprint density at radius 2 is 1.82 bits per heavy atom. The summed E-state index contributed by atoms with van der Waals surface area (Å²) in [6, 6.07) is 4.86. The van der Waals surface area contributed by atoms with Crippen molar-refractivity contribution in [3.63, 3.8) is 0 Å². The number of hydrogen-bond acceptors (Lipinski definition) is 6. The molecule has 5 rings (SSSR count). The maximum Gasteiger partial charge on any atom is 0.423 e. The molecule has 0 bridgehead atoms.